The molecule has 19 heavy (non-hydrogen) atoms. The van der Waals surface area contributed by atoms with Gasteiger partial charge in [-0.25, -0.2) is 13.6 Å². The second kappa shape index (κ2) is 5.20. The number of carbonyl (C=O) groups is 1. The van der Waals surface area contributed by atoms with E-state index in [1.165, 1.54) is 4.90 Å². The van der Waals surface area contributed by atoms with Crippen molar-refractivity contribution < 1.29 is 23.4 Å². The van der Waals surface area contributed by atoms with Gasteiger partial charge in [-0.2, -0.15) is 5.26 Å². The zero-order valence-electron chi connectivity index (χ0n) is 9.77. The molecule has 0 aliphatic carbocycles. The number of morpholine rings is 1. The van der Waals surface area contributed by atoms with Gasteiger partial charge in [0.15, 0.2) is 17.7 Å². The number of hydrogen-bond donors (Lipinski definition) is 1. The van der Waals surface area contributed by atoms with Crippen molar-refractivity contribution in [2.75, 3.05) is 24.6 Å². The Labute approximate surface area is 107 Å². The molecule has 100 valence electrons. The van der Waals surface area contributed by atoms with Crippen molar-refractivity contribution >= 4 is 11.7 Å². The van der Waals surface area contributed by atoms with Gasteiger partial charge in [-0.1, -0.05) is 0 Å². The minimum Gasteiger partial charge on any atom is -0.479 e. The number of carboxylic acid groups (broad SMARTS) is 1. The average molecular weight is 268 g/mol. The standard InChI is InChI=1S/C12H10F2N2O3/c13-8-3-7(5-15)4-9(14)11(8)16-1-2-19-10(6-16)12(17)18/h3-4,10H,1-2,6H2,(H,17,18). The van der Waals surface area contributed by atoms with Crippen LogP contribution in [0.2, 0.25) is 0 Å². The number of ether oxygens (including phenoxy) is 1. The summed E-state index contributed by atoms with van der Waals surface area (Å²) in [5.41, 5.74) is -0.449. The van der Waals surface area contributed by atoms with E-state index in [-0.39, 0.29) is 30.9 Å². The molecule has 1 aromatic rings. The number of carboxylic acids is 1. The van der Waals surface area contributed by atoms with Crippen LogP contribution in [0.3, 0.4) is 0 Å². The summed E-state index contributed by atoms with van der Waals surface area (Å²) in [4.78, 5) is 12.1. The second-order valence-electron chi connectivity index (χ2n) is 4.04. The maximum Gasteiger partial charge on any atom is 0.334 e. The third-order valence-corrected chi connectivity index (χ3v) is 2.80. The van der Waals surface area contributed by atoms with Crippen LogP contribution in [-0.4, -0.2) is 36.9 Å². The first-order valence-corrected chi connectivity index (χ1v) is 5.51. The molecule has 1 saturated heterocycles. The van der Waals surface area contributed by atoms with E-state index in [9.17, 15) is 13.6 Å². The summed E-state index contributed by atoms with van der Waals surface area (Å²) in [6.07, 6.45) is -1.12. The number of nitrogens with zero attached hydrogens (tertiary/aromatic N) is 2. The zero-order valence-corrected chi connectivity index (χ0v) is 9.77. The SMILES string of the molecule is N#Cc1cc(F)c(N2CCOC(C(=O)O)C2)c(F)c1. The summed E-state index contributed by atoms with van der Waals surface area (Å²) in [5, 5.41) is 17.4. The molecule has 1 unspecified atom stereocenters. The van der Waals surface area contributed by atoms with E-state index in [0.717, 1.165) is 12.1 Å². The molecule has 0 bridgehead atoms. The van der Waals surface area contributed by atoms with Crippen molar-refractivity contribution in [1.82, 2.24) is 0 Å². The van der Waals surface area contributed by atoms with Gasteiger partial charge in [-0.3, -0.25) is 0 Å². The summed E-state index contributed by atoms with van der Waals surface area (Å²) < 4.78 is 32.6. The molecule has 1 N–H and O–H groups in total. The van der Waals surface area contributed by atoms with Crippen LogP contribution in [0.1, 0.15) is 5.56 Å². The number of anilines is 1. The molecule has 5 nitrogen and oxygen atoms in total. The fraction of sp³-hybridized carbons (Fsp3) is 0.333. The highest BCUT2D eigenvalue weighted by Gasteiger charge is 2.29. The summed E-state index contributed by atoms with van der Waals surface area (Å²) >= 11 is 0. The normalized spacial score (nSPS) is 19.0. The number of aliphatic carboxylic acids is 1. The summed E-state index contributed by atoms with van der Waals surface area (Å²) in [6.45, 7) is 0.106. The van der Waals surface area contributed by atoms with Crippen molar-refractivity contribution in [2.24, 2.45) is 0 Å². The number of rotatable bonds is 2. The van der Waals surface area contributed by atoms with Gasteiger partial charge < -0.3 is 14.7 Å². The molecule has 1 fully saturated rings. The third kappa shape index (κ3) is 2.63. The lowest BCUT2D eigenvalue weighted by atomic mass is 10.1. The first-order chi connectivity index (χ1) is 9.02. The van der Waals surface area contributed by atoms with Gasteiger partial charge in [0.05, 0.1) is 24.8 Å². The fourth-order valence-corrected chi connectivity index (χ4v) is 1.93. The number of benzene rings is 1. The fourth-order valence-electron chi connectivity index (χ4n) is 1.93. The van der Waals surface area contributed by atoms with E-state index in [4.69, 9.17) is 15.1 Å². The molecule has 0 radical (unpaired) electrons. The Morgan fingerprint density at radius 1 is 1.47 bits per heavy atom. The molecular weight excluding hydrogens is 258 g/mol. The van der Waals surface area contributed by atoms with Crippen molar-refractivity contribution in [3.63, 3.8) is 0 Å². The third-order valence-electron chi connectivity index (χ3n) is 2.80. The van der Waals surface area contributed by atoms with Crippen molar-refractivity contribution in [2.45, 2.75) is 6.10 Å². The van der Waals surface area contributed by atoms with Crippen molar-refractivity contribution in [3.8, 4) is 6.07 Å². The Morgan fingerprint density at radius 2 is 2.11 bits per heavy atom. The van der Waals surface area contributed by atoms with Gasteiger partial charge in [-0.15, -0.1) is 0 Å². The molecule has 0 aromatic heterocycles. The summed E-state index contributed by atoms with van der Waals surface area (Å²) in [6, 6.07) is 3.49. The van der Waals surface area contributed by atoms with E-state index in [1.807, 2.05) is 0 Å². The maximum absolute atomic E-state index is 13.8. The average Bonchev–Trinajstić information content (AvgIpc) is 2.38. The molecule has 1 aliphatic rings. The van der Waals surface area contributed by atoms with Gasteiger partial charge in [0.2, 0.25) is 0 Å². The van der Waals surface area contributed by atoms with Crippen LogP contribution in [0.4, 0.5) is 14.5 Å². The van der Waals surface area contributed by atoms with E-state index in [1.54, 1.807) is 6.07 Å². The Morgan fingerprint density at radius 3 is 2.63 bits per heavy atom. The topological polar surface area (TPSA) is 73.6 Å². The molecule has 2 rings (SSSR count). The Bertz CT molecular complexity index is 533. The van der Waals surface area contributed by atoms with Crippen molar-refractivity contribution in [1.29, 1.82) is 5.26 Å². The molecule has 1 aliphatic heterocycles. The quantitative estimate of drug-likeness (QED) is 0.870. The second-order valence-corrected chi connectivity index (χ2v) is 4.04. The Kier molecular flexibility index (Phi) is 3.62. The molecule has 7 heteroatoms. The van der Waals surface area contributed by atoms with Crippen LogP contribution < -0.4 is 4.90 Å². The largest absolute Gasteiger partial charge is 0.479 e. The van der Waals surface area contributed by atoms with Crippen LogP contribution in [-0.2, 0) is 9.53 Å². The molecule has 1 heterocycles. The van der Waals surface area contributed by atoms with Gasteiger partial charge in [-0.05, 0) is 12.1 Å². The summed E-state index contributed by atoms with van der Waals surface area (Å²) in [5.74, 6) is -2.95. The van der Waals surface area contributed by atoms with Gasteiger partial charge in [0, 0.05) is 6.54 Å². The number of hydrogen-bond acceptors (Lipinski definition) is 4. The highest BCUT2D eigenvalue weighted by Crippen LogP contribution is 2.26. The first kappa shape index (κ1) is 13.2. The minimum absolute atomic E-state index is 0.0653. The van der Waals surface area contributed by atoms with Gasteiger partial charge in [0.25, 0.3) is 0 Å². The molecule has 0 spiro atoms. The van der Waals surface area contributed by atoms with Crippen LogP contribution in [0.15, 0.2) is 12.1 Å². The predicted molar refractivity (Wildman–Crippen MR) is 60.7 cm³/mol. The van der Waals surface area contributed by atoms with Gasteiger partial charge in [0.1, 0.15) is 5.69 Å². The van der Waals surface area contributed by atoms with Crippen LogP contribution in [0.25, 0.3) is 0 Å². The lowest BCUT2D eigenvalue weighted by Crippen LogP contribution is -2.46. The zero-order chi connectivity index (χ0) is 14.0. The monoisotopic (exact) mass is 268 g/mol. The van der Waals surface area contributed by atoms with Gasteiger partial charge >= 0.3 is 5.97 Å². The summed E-state index contributed by atoms with van der Waals surface area (Å²) in [7, 11) is 0. The number of nitriles is 1. The van der Waals surface area contributed by atoms with Crippen LogP contribution in [0, 0.1) is 23.0 Å². The lowest BCUT2D eigenvalue weighted by Gasteiger charge is -2.32. The molecule has 1 aromatic carbocycles. The van der Waals surface area contributed by atoms with Crippen LogP contribution >= 0.6 is 0 Å². The maximum atomic E-state index is 13.8. The van der Waals surface area contributed by atoms with E-state index in [0.29, 0.717) is 0 Å². The lowest BCUT2D eigenvalue weighted by molar-refractivity contribution is -0.150. The molecule has 0 amide bonds. The Balaban J connectivity index is 2.32. The minimum atomic E-state index is -1.18. The molecule has 0 saturated carbocycles. The smallest absolute Gasteiger partial charge is 0.334 e. The Hall–Kier alpha value is -2.20. The number of halogens is 2. The molecule has 1 atom stereocenters. The van der Waals surface area contributed by atoms with E-state index < -0.39 is 23.7 Å². The predicted octanol–water partition coefficient (Wildman–Crippen LogP) is 1.13. The highest BCUT2D eigenvalue weighted by atomic mass is 19.1. The van der Waals surface area contributed by atoms with Crippen LogP contribution in [0.5, 0.6) is 0 Å². The first-order valence-electron chi connectivity index (χ1n) is 5.51. The molecular formula is C12H10F2N2O3. The van der Waals surface area contributed by atoms with Crippen molar-refractivity contribution in [3.05, 3.63) is 29.3 Å². The highest BCUT2D eigenvalue weighted by molar-refractivity contribution is 5.73. The van der Waals surface area contributed by atoms with E-state index >= 15 is 0 Å². The van der Waals surface area contributed by atoms with E-state index in [2.05, 4.69) is 0 Å².